The second kappa shape index (κ2) is 6.82. The molecule has 2 rings (SSSR count). The van der Waals surface area contributed by atoms with E-state index < -0.39 is 5.97 Å². The zero-order chi connectivity index (χ0) is 15.4. The van der Waals surface area contributed by atoms with Crippen molar-refractivity contribution in [2.75, 3.05) is 13.7 Å². The monoisotopic (exact) mass is 325 g/mol. The van der Waals surface area contributed by atoms with Crippen LogP contribution in [0.1, 0.15) is 12.0 Å². The third kappa shape index (κ3) is 3.89. The number of thioether (sulfide) groups is 1. The van der Waals surface area contributed by atoms with Gasteiger partial charge in [-0.3, -0.25) is 14.5 Å². The molecule has 110 valence electrons. The number of rotatable bonds is 4. The third-order valence-electron chi connectivity index (χ3n) is 2.79. The summed E-state index contributed by atoms with van der Waals surface area (Å²) in [6.07, 6.45) is 1.66. The predicted molar refractivity (Wildman–Crippen MR) is 82.9 cm³/mol. The number of carbonyl (C=O) groups is 2. The summed E-state index contributed by atoms with van der Waals surface area (Å²) in [5.41, 5.74) is 0.587. The maximum atomic E-state index is 13.1. The summed E-state index contributed by atoms with van der Waals surface area (Å²) in [7, 11) is 1.29. The van der Waals surface area contributed by atoms with Gasteiger partial charge in [0.05, 0.1) is 18.4 Å². The van der Waals surface area contributed by atoms with Crippen LogP contribution in [0, 0.1) is 5.82 Å². The van der Waals surface area contributed by atoms with Gasteiger partial charge in [0.15, 0.2) is 0 Å². The standard InChI is InChI=1S/C14H12FNO3S2/c1-19-12(17)5-6-16-13(18)11(21-14(16)20)8-9-3-2-4-10(15)7-9/h2-4,7-8H,5-6H2,1H3/b11-8+. The van der Waals surface area contributed by atoms with Crippen molar-refractivity contribution < 1.29 is 18.7 Å². The molecular formula is C14H12FNO3S2. The Bertz CT molecular complexity index is 630. The summed E-state index contributed by atoms with van der Waals surface area (Å²) < 4.78 is 18.0. The summed E-state index contributed by atoms with van der Waals surface area (Å²) in [4.78, 5) is 25.1. The van der Waals surface area contributed by atoms with Gasteiger partial charge in [-0.2, -0.15) is 0 Å². The highest BCUT2D eigenvalue weighted by Crippen LogP contribution is 2.32. The first kappa shape index (κ1) is 15.7. The Hall–Kier alpha value is -1.73. The van der Waals surface area contributed by atoms with Crippen LogP contribution in [0.15, 0.2) is 29.2 Å². The summed E-state index contributed by atoms with van der Waals surface area (Å²) in [5.74, 6) is -1.05. The van der Waals surface area contributed by atoms with Gasteiger partial charge in [-0.25, -0.2) is 4.39 Å². The van der Waals surface area contributed by atoms with Crippen molar-refractivity contribution in [3.63, 3.8) is 0 Å². The van der Waals surface area contributed by atoms with Gasteiger partial charge in [0.2, 0.25) is 0 Å². The molecule has 1 aliphatic rings. The number of ether oxygens (including phenoxy) is 1. The van der Waals surface area contributed by atoms with Crippen molar-refractivity contribution in [2.24, 2.45) is 0 Å². The second-order valence-corrected chi connectivity index (χ2v) is 5.89. The Balaban J connectivity index is 2.12. The van der Waals surface area contributed by atoms with Crippen molar-refractivity contribution >= 4 is 46.3 Å². The van der Waals surface area contributed by atoms with Crippen LogP contribution in [0.4, 0.5) is 4.39 Å². The fourth-order valence-corrected chi connectivity index (χ4v) is 3.05. The number of nitrogens with zero attached hydrogens (tertiary/aromatic N) is 1. The molecule has 1 aromatic carbocycles. The molecule has 1 saturated heterocycles. The Kier molecular flexibility index (Phi) is 5.08. The lowest BCUT2D eigenvalue weighted by Gasteiger charge is -2.12. The van der Waals surface area contributed by atoms with Crippen LogP contribution in [-0.2, 0) is 14.3 Å². The van der Waals surface area contributed by atoms with E-state index in [-0.39, 0.29) is 24.7 Å². The van der Waals surface area contributed by atoms with Crippen molar-refractivity contribution in [3.05, 3.63) is 40.6 Å². The van der Waals surface area contributed by atoms with E-state index in [1.807, 2.05) is 0 Å². The number of thiocarbonyl (C=S) groups is 1. The smallest absolute Gasteiger partial charge is 0.307 e. The highest BCUT2D eigenvalue weighted by Gasteiger charge is 2.32. The van der Waals surface area contributed by atoms with Crippen molar-refractivity contribution in [1.29, 1.82) is 0 Å². The molecule has 0 aliphatic carbocycles. The van der Waals surface area contributed by atoms with Crippen LogP contribution in [0.5, 0.6) is 0 Å². The molecule has 0 aromatic heterocycles. The minimum Gasteiger partial charge on any atom is -0.469 e. The van der Waals surface area contributed by atoms with Gasteiger partial charge in [-0.1, -0.05) is 36.1 Å². The van der Waals surface area contributed by atoms with Crippen LogP contribution < -0.4 is 0 Å². The van der Waals surface area contributed by atoms with Crippen LogP contribution in [0.3, 0.4) is 0 Å². The summed E-state index contributed by atoms with van der Waals surface area (Å²) in [6.45, 7) is 0.178. The van der Waals surface area contributed by atoms with Gasteiger partial charge < -0.3 is 4.74 Å². The van der Waals surface area contributed by atoms with Crippen molar-refractivity contribution in [3.8, 4) is 0 Å². The summed E-state index contributed by atoms with van der Waals surface area (Å²) >= 11 is 6.26. The van der Waals surface area contributed by atoms with E-state index in [0.717, 1.165) is 11.8 Å². The van der Waals surface area contributed by atoms with Crippen LogP contribution in [-0.4, -0.2) is 34.8 Å². The van der Waals surface area contributed by atoms with E-state index in [2.05, 4.69) is 4.74 Å². The number of methoxy groups -OCH3 is 1. The van der Waals surface area contributed by atoms with Gasteiger partial charge in [-0.05, 0) is 23.8 Å². The van der Waals surface area contributed by atoms with Gasteiger partial charge >= 0.3 is 5.97 Å². The molecule has 0 spiro atoms. The molecule has 21 heavy (non-hydrogen) atoms. The quantitative estimate of drug-likeness (QED) is 0.484. The van der Waals surface area contributed by atoms with Gasteiger partial charge in [0.25, 0.3) is 5.91 Å². The first-order valence-corrected chi connectivity index (χ1v) is 7.31. The topological polar surface area (TPSA) is 46.6 Å². The second-order valence-electron chi connectivity index (χ2n) is 4.21. The molecule has 0 N–H and O–H groups in total. The number of amides is 1. The highest BCUT2D eigenvalue weighted by molar-refractivity contribution is 8.26. The molecule has 1 amide bonds. The normalized spacial score (nSPS) is 16.7. The van der Waals surface area contributed by atoms with Crippen molar-refractivity contribution in [2.45, 2.75) is 6.42 Å². The maximum Gasteiger partial charge on any atom is 0.307 e. The Morgan fingerprint density at radius 1 is 1.52 bits per heavy atom. The number of hydrogen-bond acceptors (Lipinski definition) is 5. The molecule has 1 aromatic rings. The molecule has 1 fully saturated rings. The minimum absolute atomic E-state index is 0.0795. The number of benzene rings is 1. The fraction of sp³-hybridized carbons (Fsp3) is 0.214. The molecule has 1 aliphatic heterocycles. The molecule has 7 heteroatoms. The highest BCUT2D eigenvalue weighted by atomic mass is 32.2. The molecule has 0 atom stereocenters. The van der Waals surface area contributed by atoms with Crippen molar-refractivity contribution in [1.82, 2.24) is 4.90 Å². The Morgan fingerprint density at radius 2 is 2.29 bits per heavy atom. The number of halogens is 1. The lowest BCUT2D eigenvalue weighted by atomic mass is 10.2. The molecule has 0 unspecified atom stereocenters. The molecule has 4 nitrogen and oxygen atoms in total. The largest absolute Gasteiger partial charge is 0.469 e. The molecular weight excluding hydrogens is 313 g/mol. The molecule has 0 radical (unpaired) electrons. The summed E-state index contributed by atoms with van der Waals surface area (Å²) in [6, 6.07) is 5.93. The predicted octanol–water partition coefficient (Wildman–Crippen LogP) is 2.59. The third-order valence-corrected chi connectivity index (χ3v) is 4.17. The number of hydrogen-bond donors (Lipinski definition) is 0. The van der Waals surface area contributed by atoms with Crippen LogP contribution >= 0.6 is 24.0 Å². The minimum atomic E-state index is -0.404. The van der Waals surface area contributed by atoms with E-state index in [4.69, 9.17) is 12.2 Å². The first-order chi connectivity index (χ1) is 10.0. The van der Waals surface area contributed by atoms with E-state index in [1.54, 1.807) is 18.2 Å². The Labute approximate surface area is 130 Å². The SMILES string of the molecule is COC(=O)CCN1C(=O)/C(=C\c2cccc(F)c2)SC1=S. The lowest BCUT2D eigenvalue weighted by Crippen LogP contribution is -2.30. The first-order valence-electron chi connectivity index (χ1n) is 6.09. The van der Waals surface area contributed by atoms with E-state index >= 15 is 0 Å². The fourth-order valence-electron chi connectivity index (χ4n) is 1.75. The van der Waals surface area contributed by atoms with Gasteiger partial charge in [0, 0.05) is 6.54 Å². The zero-order valence-electron chi connectivity index (χ0n) is 11.2. The number of carbonyl (C=O) groups excluding carboxylic acids is 2. The summed E-state index contributed by atoms with van der Waals surface area (Å²) in [5, 5.41) is 0. The lowest BCUT2D eigenvalue weighted by molar-refractivity contribution is -0.140. The number of esters is 1. The van der Waals surface area contributed by atoms with E-state index in [9.17, 15) is 14.0 Å². The van der Waals surface area contributed by atoms with Gasteiger partial charge in [0.1, 0.15) is 10.1 Å². The van der Waals surface area contributed by atoms with Crippen LogP contribution in [0.2, 0.25) is 0 Å². The molecule has 1 heterocycles. The maximum absolute atomic E-state index is 13.1. The van der Waals surface area contributed by atoms with E-state index in [1.165, 1.54) is 24.1 Å². The zero-order valence-corrected chi connectivity index (χ0v) is 12.8. The average Bonchev–Trinajstić information content (AvgIpc) is 2.71. The molecule has 0 bridgehead atoms. The molecule has 0 saturated carbocycles. The van der Waals surface area contributed by atoms with Crippen LogP contribution in [0.25, 0.3) is 6.08 Å². The van der Waals surface area contributed by atoms with Gasteiger partial charge in [-0.15, -0.1) is 0 Å². The average molecular weight is 325 g/mol. The van der Waals surface area contributed by atoms with E-state index in [0.29, 0.717) is 14.8 Å². The Morgan fingerprint density at radius 3 is 2.95 bits per heavy atom.